The Bertz CT molecular complexity index is 325. The summed E-state index contributed by atoms with van der Waals surface area (Å²) >= 11 is 0. The van der Waals surface area contributed by atoms with Gasteiger partial charge in [-0.15, -0.1) is 11.6 Å². The predicted molar refractivity (Wildman–Crippen MR) is 65.0 cm³/mol. The topological polar surface area (TPSA) is 69.2 Å². The maximum atomic E-state index is 8.25. The third-order valence-electron chi connectivity index (χ3n) is 2.26. The molecular weight excluding hydrogens is 264 g/mol. The summed E-state index contributed by atoms with van der Waals surface area (Å²) in [7, 11) is 2.25. The van der Waals surface area contributed by atoms with E-state index in [0.717, 1.165) is 21.3 Å². The Morgan fingerprint density at radius 1 is 0.944 bits per heavy atom. The van der Waals surface area contributed by atoms with E-state index in [1.165, 1.54) is 16.7 Å². The fourth-order valence-corrected chi connectivity index (χ4v) is 1.70. The van der Waals surface area contributed by atoms with Gasteiger partial charge in [0.05, 0.1) is 0 Å². The molecular formula is C14H20O3Ti. The van der Waals surface area contributed by atoms with Crippen molar-refractivity contribution in [2.75, 3.05) is 21.3 Å². The summed E-state index contributed by atoms with van der Waals surface area (Å²) in [5.74, 6) is 0.492. The van der Waals surface area contributed by atoms with Gasteiger partial charge in [0.1, 0.15) is 0 Å². The average Bonchev–Trinajstić information content (AvgIpc) is 2.73. The van der Waals surface area contributed by atoms with Gasteiger partial charge < -0.3 is 15.3 Å². The van der Waals surface area contributed by atoms with Crippen molar-refractivity contribution in [3.8, 4) is 0 Å². The van der Waals surface area contributed by atoms with Crippen molar-refractivity contribution >= 4 is 5.57 Å². The Labute approximate surface area is 125 Å². The smallest absolute Gasteiger partial charge is 0.857 e. The molecule has 0 radical (unpaired) electrons. The first-order valence-corrected chi connectivity index (χ1v) is 5.21. The predicted octanol–water partition coefficient (Wildman–Crippen LogP) is -0.0628. The second-order valence-corrected chi connectivity index (χ2v) is 3.08. The monoisotopic (exact) mass is 284 g/mol. The van der Waals surface area contributed by atoms with Crippen LogP contribution < -0.4 is 15.3 Å². The van der Waals surface area contributed by atoms with Crippen molar-refractivity contribution in [2.24, 2.45) is 0 Å². The van der Waals surface area contributed by atoms with E-state index in [0.29, 0.717) is 5.92 Å². The van der Waals surface area contributed by atoms with E-state index in [9.17, 15) is 0 Å². The number of hydrogen-bond donors (Lipinski definition) is 0. The molecule has 0 saturated heterocycles. The van der Waals surface area contributed by atoms with E-state index in [2.05, 4.69) is 44.2 Å². The molecule has 0 aliphatic heterocycles. The van der Waals surface area contributed by atoms with Gasteiger partial charge in [0.25, 0.3) is 0 Å². The summed E-state index contributed by atoms with van der Waals surface area (Å²) in [4.78, 5) is 0. The SMILES string of the molecule is CC1=[C-]C(C)c2ccccc21.C[O-].C[O-].C[O-].[Ti+4]. The van der Waals surface area contributed by atoms with Gasteiger partial charge in [-0.2, -0.15) is 26.9 Å². The van der Waals surface area contributed by atoms with E-state index in [1.807, 2.05) is 0 Å². The largest absolute Gasteiger partial charge is 4.00 e. The van der Waals surface area contributed by atoms with E-state index in [1.54, 1.807) is 0 Å². The van der Waals surface area contributed by atoms with Gasteiger partial charge in [-0.25, -0.2) is 5.57 Å². The molecule has 2 rings (SSSR count). The minimum Gasteiger partial charge on any atom is -0.857 e. The molecule has 1 aliphatic carbocycles. The van der Waals surface area contributed by atoms with Crippen LogP contribution in [0.3, 0.4) is 0 Å². The summed E-state index contributed by atoms with van der Waals surface area (Å²) in [5.41, 5.74) is 4.10. The van der Waals surface area contributed by atoms with Crippen molar-refractivity contribution in [3.05, 3.63) is 41.5 Å². The van der Waals surface area contributed by atoms with E-state index >= 15 is 0 Å². The van der Waals surface area contributed by atoms with Crippen molar-refractivity contribution < 1.29 is 37.0 Å². The summed E-state index contributed by atoms with van der Waals surface area (Å²) in [6.07, 6.45) is 3.40. The molecule has 0 amide bonds. The Hall–Kier alpha value is -0.446. The summed E-state index contributed by atoms with van der Waals surface area (Å²) in [6.45, 7) is 4.32. The quantitative estimate of drug-likeness (QED) is 0.495. The molecule has 0 bridgehead atoms. The molecule has 3 nitrogen and oxygen atoms in total. The standard InChI is InChI=1S/C11H11.3CH3O.Ti/c1-8-7-9(2)11-6-4-3-5-10(8)11;3*1-2;/h3-6,8H,1-2H3;3*1H3;/q4*-1;+4. The number of hydrogen-bond acceptors (Lipinski definition) is 3. The van der Waals surface area contributed by atoms with Crippen molar-refractivity contribution in [1.82, 2.24) is 0 Å². The molecule has 0 saturated carbocycles. The normalized spacial score (nSPS) is 14.0. The first-order chi connectivity index (χ1) is 8.29. The molecule has 1 aliphatic rings. The van der Waals surface area contributed by atoms with Crippen LogP contribution in [0.15, 0.2) is 24.3 Å². The third kappa shape index (κ3) is 6.48. The molecule has 98 valence electrons. The molecule has 1 unspecified atom stereocenters. The molecule has 0 N–H and O–H groups in total. The van der Waals surface area contributed by atoms with Gasteiger partial charge in [-0.3, -0.25) is 6.08 Å². The van der Waals surface area contributed by atoms with Gasteiger partial charge in [-0.1, -0.05) is 38.0 Å². The molecule has 18 heavy (non-hydrogen) atoms. The molecule has 0 fully saturated rings. The van der Waals surface area contributed by atoms with Gasteiger partial charge in [-0.05, 0) is 0 Å². The van der Waals surface area contributed by atoms with Crippen molar-refractivity contribution in [1.29, 1.82) is 0 Å². The van der Waals surface area contributed by atoms with Crippen molar-refractivity contribution in [3.63, 3.8) is 0 Å². The number of fused-ring (bicyclic) bond motifs is 1. The average molecular weight is 284 g/mol. The van der Waals surface area contributed by atoms with Crippen LogP contribution in [0.2, 0.25) is 0 Å². The van der Waals surface area contributed by atoms with Crippen LogP contribution in [0.25, 0.3) is 5.57 Å². The minimum absolute atomic E-state index is 0. The Balaban J connectivity index is -0.000000285. The molecule has 1 aromatic carbocycles. The molecule has 0 heterocycles. The van der Waals surface area contributed by atoms with E-state index < -0.39 is 0 Å². The van der Waals surface area contributed by atoms with Gasteiger partial charge in [0.15, 0.2) is 0 Å². The van der Waals surface area contributed by atoms with Crippen LogP contribution in [0.1, 0.15) is 30.9 Å². The Morgan fingerprint density at radius 2 is 1.39 bits per heavy atom. The maximum absolute atomic E-state index is 8.25. The van der Waals surface area contributed by atoms with E-state index in [-0.39, 0.29) is 21.7 Å². The zero-order valence-electron chi connectivity index (χ0n) is 11.6. The Kier molecular flexibility index (Phi) is 18.4. The molecule has 1 aromatic rings. The third-order valence-corrected chi connectivity index (χ3v) is 2.26. The number of benzene rings is 1. The van der Waals surface area contributed by atoms with Gasteiger partial charge >= 0.3 is 21.7 Å². The van der Waals surface area contributed by atoms with Crippen LogP contribution in [0.4, 0.5) is 0 Å². The van der Waals surface area contributed by atoms with Crippen LogP contribution in [0, 0.1) is 6.08 Å². The zero-order chi connectivity index (χ0) is 13.8. The van der Waals surface area contributed by atoms with Crippen molar-refractivity contribution in [2.45, 2.75) is 19.8 Å². The molecule has 0 aromatic heterocycles. The second-order valence-electron chi connectivity index (χ2n) is 3.08. The maximum Gasteiger partial charge on any atom is 4.00 e. The van der Waals surface area contributed by atoms with Gasteiger partial charge in [0, 0.05) is 0 Å². The fraction of sp³-hybridized carbons (Fsp3) is 0.429. The van der Waals surface area contributed by atoms with Crippen LogP contribution in [-0.4, -0.2) is 21.3 Å². The van der Waals surface area contributed by atoms with Crippen LogP contribution >= 0.6 is 0 Å². The first kappa shape index (κ1) is 22.7. The van der Waals surface area contributed by atoms with Crippen LogP contribution in [-0.2, 0) is 21.7 Å². The minimum atomic E-state index is 0. The summed E-state index contributed by atoms with van der Waals surface area (Å²) in [6, 6.07) is 8.53. The fourth-order valence-electron chi connectivity index (χ4n) is 1.70. The van der Waals surface area contributed by atoms with Crippen LogP contribution in [0.5, 0.6) is 0 Å². The molecule has 0 spiro atoms. The molecule has 1 atom stereocenters. The Morgan fingerprint density at radius 3 is 1.83 bits per heavy atom. The summed E-state index contributed by atoms with van der Waals surface area (Å²) in [5, 5.41) is 24.8. The molecule has 4 heteroatoms. The summed E-state index contributed by atoms with van der Waals surface area (Å²) < 4.78 is 0. The second kappa shape index (κ2) is 14.6. The zero-order valence-corrected chi connectivity index (χ0v) is 13.2. The number of allylic oxidation sites excluding steroid dienone is 2. The number of rotatable bonds is 0. The first-order valence-electron chi connectivity index (χ1n) is 5.21. The van der Waals surface area contributed by atoms with E-state index in [4.69, 9.17) is 15.3 Å². The van der Waals surface area contributed by atoms with Gasteiger partial charge in [0.2, 0.25) is 0 Å².